The normalized spacial score (nSPS) is 30.5. The first-order chi connectivity index (χ1) is 6.68. The van der Waals surface area contributed by atoms with Crippen LogP contribution >= 0.6 is 0 Å². The molecule has 2 fully saturated rings. The van der Waals surface area contributed by atoms with Crippen LogP contribution in [0.3, 0.4) is 0 Å². The van der Waals surface area contributed by atoms with E-state index in [-0.39, 0.29) is 11.3 Å². The number of hydrogen-bond acceptors (Lipinski definition) is 3. The molecule has 1 aliphatic heterocycles. The summed E-state index contributed by atoms with van der Waals surface area (Å²) < 4.78 is 0. The van der Waals surface area contributed by atoms with Crippen molar-refractivity contribution in [3.05, 3.63) is 0 Å². The molecule has 80 valence electrons. The number of piperidine rings is 1. The smallest absolute Gasteiger partial charge is 0.308 e. The lowest BCUT2D eigenvalue weighted by molar-refractivity contribution is -0.146. The van der Waals surface area contributed by atoms with Gasteiger partial charge in [0, 0.05) is 19.6 Å². The molecule has 1 unspecified atom stereocenters. The largest absolute Gasteiger partial charge is 0.481 e. The van der Waals surface area contributed by atoms with E-state index in [4.69, 9.17) is 10.8 Å². The molecule has 4 nitrogen and oxygen atoms in total. The molecule has 4 heteroatoms. The molecule has 0 aromatic heterocycles. The summed E-state index contributed by atoms with van der Waals surface area (Å²) in [6.45, 7) is 3.19. The highest BCUT2D eigenvalue weighted by molar-refractivity contribution is 5.72. The van der Waals surface area contributed by atoms with Crippen LogP contribution in [0.4, 0.5) is 0 Å². The number of carboxylic acids is 1. The molecule has 1 heterocycles. The zero-order valence-corrected chi connectivity index (χ0v) is 8.41. The van der Waals surface area contributed by atoms with Crippen LogP contribution < -0.4 is 5.73 Å². The first-order valence-electron chi connectivity index (χ1n) is 5.33. The second kappa shape index (κ2) is 3.51. The number of rotatable bonds is 3. The van der Waals surface area contributed by atoms with Gasteiger partial charge in [0.25, 0.3) is 0 Å². The number of carboxylic acid groups (broad SMARTS) is 1. The van der Waals surface area contributed by atoms with Gasteiger partial charge in [-0.15, -0.1) is 0 Å². The van der Waals surface area contributed by atoms with Crippen LogP contribution in [0.1, 0.15) is 19.3 Å². The Kier molecular flexibility index (Phi) is 2.49. The Labute approximate surface area is 84.1 Å². The van der Waals surface area contributed by atoms with Gasteiger partial charge in [-0.05, 0) is 31.2 Å². The van der Waals surface area contributed by atoms with Crippen molar-refractivity contribution in [2.75, 3.05) is 26.2 Å². The van der Waals surface area contributed by atoms with E-state index in [1.54, 1.807) is 0 Å². The third-order valence-corrected chi connectivity index (χ3v) is 3.74. The van der Waals surface area contributed by atoms with Crippen LogP contribution in [-0.4, -0.2) is 42.2 Å². The summed E-state index contributed by atoms with van der Waals surface area (Å²) in [4.78, 5) is 13.3. The quantitative estimate of drug-likeness (QED) is 0.676. The van der Waals surface area contributed by atoms with Gasteiger partial charge in [-0.25, -0.2) is 0 Å². The minimum Gasteiger partial charge on any atom is -0.481 e. The molecule has 3 N–H and O–H groups in total. The summed E-state index contributed by atoms with van der Waals surface area (Å²) >= 11 is 0. The van der Waals surface area contributed by atoms with Crippen LogP contribution in [0.25, 0.3) is 0 Å². The van der Waals surface area contributed by atoms with Gasteiger partial charge >= 0.3 is 5.97 Å². The number of nitrogens with two attached hydrogens (primary N) is 1. The molecule has 2 rings (SSSR count). The highest BCUT2D eigenvalue weighted by Gasteiger charge is 2.54. The first-order valence-corrected chi connectivity index (χ1v) is 5.33. The molecule has 1 saturated heterocycles. The summed E-state index contributed by atoms with van der Waals surface area (Å²) in [5.74, 6) is -0.771. The van der Waals surface area contributed by atoms with E-state index in [2.05, 4.69) is 4.90 Å². The fourth-order valence-electron chi connectivity index (χ4n) is 2.58. The lowest BCUT2D eigenvalue weighted by Gasteiger charge is -2.36. The van der Waals surface area contributed by atoms with Gasteiger partial charge in [0.05, 0.1) is 5.92 Å². The SMILES string of the molecule is NCCN1CCC2(CC2)C(C(=O)O)C1. The van der Waals surface area contributed by atoms with E-state index < -0.39 is 5.97 Å². The van der Waals surface area contributed by atoms with Crippen molar-refractivity contribution < 1.29 is 9.90 Å². The molecule has 0 aromatic rings. The molecule has 1 spiro atoms. The molecule has 1 saturated carbocycles. The Morgan fingerprint density at radius 2 is 2.21 bits per heavy atom. The fourth-order valence-corrected chi connectivity index (χ4v) is 2.58. The maximum absolute atomic E-state index is 11.1. The van der Waals surface area contributed by atoms with Crippen molar-refractivity contribution in [3.8, 4) is 0 Å². The van der Waals surface area contributed by atoms with Crippen molar-refractivity contribution in [2.24, 2.45) is 17.1 Å². The van der Waals surface area contributed by atoms with Crippen LogP contribution in [0.15, 0.2) is 0 Å². The summed E-state index contributed by atoms with van der Waals surface area (Å²) in [5, 5.41) is 9.14. The molecular formula is C10H18N2O2. The minimum atomic E-state index is -0.621. The van der Waals surface area contributed by atoms with E-state index >= 15 is 0 Å². The van der Waals surface area contributed by atoms with Gasteiger partial charge in [0.2, 0.25) is 0 Å². The lowest BCUT2D eigenvalue weighted by atomic mass is 9.82. The highest BCUT2D eigenvalue weighted by atomic mass is 16.4. The van der Waals surface area contributed by atoms with E-state index in [1.807, 2.05) is 0 Å². The van der Waals surface area contributed by atoms with E-state index in [1.165, 1.54) is 0 Å². The van der Waals surface area contributed by atoms with Crippen molar-refractivity contribution in [1.29, 1.82) is 0 Å². The Morgan fingerprint density at radius 1 is 1.50 bits per heavy atom. The van der Waals surface area contributed by atoms with Crippen molar-refractivity contribution in [3.63, 3.8) is 0 Å². The van der Waals surface area contributed by atoms with Crippen molar-refractivity contribution >= 4 is 5.97 Å². The zero-order valence-electron chi connectivity index (χ0n) is 8.41. The van der Waals surface area contributed by atoms with Crippen LogP contribution in [-0.2, 0) is 4.79 Å². The molecule has 2 aliphatic rings. The Hall–Kier alpha value is -0.610. The number of carbonyl (C=O) groups is 1. The minimum absolute atomic E-state index is 0.150. The predicted molar refractivity (Wildman–Crippen MR) is 52.9 cm³/mol. The summed E-state index contributed by atoms with van der Waals surface area (Å²) in [6.07, 6.45) is 3.27. The fraction of sp³-hybridized carbons (Fsp3) is 0.900. The van der Waals surface area contributed by atoms with E-state index in [0.717, 1.165) is 32.4 Å². The molecule has 1 atom stereocenters. The average molecular weight is 198 g/mol. The topological polar surface area (TPSA) is 66.6 Å². The van der Waals surface area contributed by atoms with E-state index in [0.29, 0.717) is 13.1 Å². The Morgan fingerprint density at radius 3 is 2.71 bits per heavy atom. The van der Waals surface area contributed by atoms with Crippen LogP contribution in [0, 0.1) is 11.3 Å². The Bertz CT molecular complexity index is 238. The number of aliphatic carboxylic acids is 1. The molecule has 1 aliphatic carbocycles. The van der Waals surface area contributed by atoms with Gasteiger partial charge in [-0.1, -0.05) is 0 Å². The zero-order chi connectivity index (χ0) is 10.2. The second-order valence-corrected chi connectivity index (χ2v) is 4.59. The van der Waals surface area contributed by atoms with Gasteiger partial charge in [0.1, 0.15) is 0 Å². The molecule has 0 radical (unpaired) electrons. The van der Waals surface area contributed by atoms with Crippen LogP contribution in [0.5, 0.6) is 0 Å². The van der Waals surface area contributed by atoms with Crippen molar-refractivity contribution in [1.82, 2.24) is 4.90 Å². The molecular weight excluding hydrogens is 180 g/mol. The van der Waals surface area contributed by atoms with E-state index in [9.17, 15) is 4.79 Å². The molecule has 0 aromatic carbocycles. The number of hydrogen-bond donors (Lipinski definition) is 2. The highest BCUT2D eigenvalue weighted by Crippen LogP contribution is 2.56. The molecule has 14 heavy (non-hydrogen) atoms. The standard InChI is InChI=1S/C10H18N2O2/c11-4-6-12-5-3-10(1-2-10)8(7-12)9(13)14/h8H,1-7,11H2,(H,13,14). The number of nitrogens with zero attached hydrogens (tertiary/aromatic N) is 1. The number of likely N-dealkylation sites (tertiary alicyclic amines) is 1. The second-order valence-electron chi connectivity index (χ2n) is 4.59. The molecule has 0 amide bonds. The summed E-state index contributed by atoms with van der Waals surface area (Å²) in [5.41, 5.74) is 5.64. The predicted octanol–water partition coefficient (Wildman–Crippen LogP) is 0.132. The van der Waals surface area contributed by atoms with Gasteiger partial charge in [-0.3, -0.25) is 4.79 Å². The van der Waals surface area contributed by atoms with Gasteiger partial charge < -0.3 is 15.7 Å². The third kappa shape index (κ3) is 1.64. The summed E-state index contributed by atoms with van der Waals surface area (Å²) in [6, 6.07) is 0. The first kappa shape index (κ1) is 9.93. The third-order valence-electron chi connectivity index (χ3n) is 3.74. The maximum atomic E-state index is 11.1. The lowest BCUT2D eigenvalue weighted by Crippen LogP contribution is -2.46. The van der Waals surface area contributed by atoms with Crippen molar-refractivity contribution in [2.45, 2.75) is 19.3 Å². The maximum Gasteiger partial charge on any atom is 0.308 e. The Balaban J connectivity index is 1.99. The molecule has 0 bridgehead atoms. The van der Waals surface area contributed by atoms with Crippen LogP contribution in [0.2, 0.25) is 0 Å². The monoisotopic (exact) mass is 198 g/mol. The van der Waals surface area contributed by atoms with Gasteiger partial charge in [0.15, 0.2) is 0 Å². The van der Waals surface area contributed by atoms with Gasteiger partial charge in [-0.2, -0.15) is 0 Å². The average Bonchev–Trinajstić information content (AvgIpc) is 2.90. The summed E-state index contributed by atoms with van der Waals surface area (Å²) in [7, 11) is 0.